The number of nitrogens with one attached hydrogen (secondary N) is 1. The Morgan fingerprint density at radius 1 is 1.25 bits per heavy atom. The highest BCUT2D eigenvalue weighted by Crippen LogP contribution is 2.22. The van der Waals surface area contributed by atoms with E-state index in [2.05, 4.69) is 40.4 Å². The molecule has 5 heteroatoms. The second-order valence-electron chi connectivity index (χ2n) is 4.77. The van der Waals surface area contributed by atoms with Crippen LogP contribution >= 0.6 is 0 Å². The lowest BCUT2D eigenvalue weighted by molar-refractivity contribution is -0.679. The fraction of sp³-hybridized carbons (Fsp3) is 0.200. The molecule has 5 nitrogen and oxygen atoms in total. The number of aromatic nitrogens is 3. The third-order valence-corrected chi connectivity index (χ3v) is 3.41. The molecule has 0 fully saturated rings. The van der Waals surface area contributed by atoms with E-state index in [-0.39, 0.29) is 0 Å². The largest absolute Gasteiger partial charge is 0.394 e. The molecule has 0 atom stereocenters. The summed E-state index contributed by atoms with van der Waals surface area (Å²) < 4.78 is 3.91. The zero-order chi connectivity index (χ0) is 13.9. The molecule has 0 saturated heterocycles. The summed E-state index contributed by atoms with van der Waals surface area (Å²) in [4.78, 5) is 0. The minimum atomic E-state index is 0.697. The van der Waals surface area contributed by atoms with Crippen LogP contribution < -0.4 is 15.6 Å². The highest BCUT2D eigenvalue weighted by molar-refractivity contribution is 5.80. The Kier molecular flexibility index (Phi) is 3.25. The predicted molar refractivity (Wildman–Crippen MR) is 79.4 cm³/mol. The Morgan fingerprint density at radius 2 is 2.10 bits per heavy atom. The zero-order valence-electron chi connectivity index (χ0n) is 11.5. The molecule has 0 bridgehead atoms. The van der Waals surface area contributed by atoms with E-state index in [0.717, 1.165) is 24.3 Å². The van der Waals surface area contributed by atoms with Crippen LogP contribution in [0.1, 0.15) is 5.69 Å². The van der Waals surface area contributed by atoms with Crippen molar-refractivity contribution in [3.05, 3.63) is 54.5 Å². The third-order valence-electron chi connectivity index (χ3n) is 3.41. The highest BCUT2D eigenvalue weighted by Gasteiger charge is 2.09. The Balaban J connectivity index is 1.71. The summed E-state index contributed by atoms with van der Waals surface area (Å²) >= 11 is 0. The number of hydrogen-bond acceptors (Lipinski definition) is 3. The summed E-state index contributed by atoms with van der Waals surface area (Å²) in [6.07, 6.45) is 4.87. The summed E-state index contributed by atoms with van der Waals surface area (Å²) in [5.41, 5.74) is 8.99. The summed E-state index contributed by atoms with van der Waals surface area (Å²) in [5.74, 6) is 0.745. The molecule has 0 unspecified atom stereocenters. The average Bonchev–Trinajstić information content (AvgIpc) is 2.78. The van der Waals surface area contributed by atoms with Crippen molar-refractivity contribution in [1.82, 2.24) is 9.61 Å². The number of nitrogen functional groups attached to an aromatic ring is 1. The molecule has 0 radical (unpaired) electrons. The average molecular weight is 268 g/mol. The van der Waals surface area contributed by atoms with E-state index in [0.29, 0.717) is 5.69 Å². The lowest BCUT2D eigenvalue weighted by Gasteiger charge is -2.03. The number of anilines is 2. The van der Waals surface area contributed by atoms with Gasteiger partial charge in [-0.1, -0.05) is 12.1 Å². The van der Waals surface area contributed by atoms with E-state index in [1.165, 1.54) is 5.69 Å². The second kappa shape index (κ2) is 5.21. The molecule has 0 amide bonds. The molecule has 102 valence electrons. The van der Waals surface area contributed by atoms with Crippen LogP contribution in [0.4, 0.5) is 11.5 Å². The van der Waals surface area contributed by atoms with Gasteiger partial charge in [-0.15, -0.1) is 5.10 Å². The van der Waals surface area contributed by atoms with Crippen molar-refractivity contribution in [3.63, 3.8) is 0 Å². The van der Waals surface area contributed by atoms with Crippen LogP contribution in [0, 0.1) is 0 Å². The van der Waals surface area contributed by atoms with Gasteiger partial charge in [-0.3, -0.25) is 0 Å². The van der Waals surface area contributed by atoms with Crippen LogP contribution in [0.5, 0.6) is 0 Å². The first kappa shape index (κ1) is 12.5. The number of rotatable bonds is 4. The van der Waals surface area contributed by atoms with Crippen molar-refractivity contribution in [2.24, 2.45) is 7.05 Å². The Hall–Kier alpha value is -2.56. The molecule has 0 aromatic carbocycles. The van der Waals surface area contributed by atoms with Crippen molar-refractivity contribution in [1.29, 1.82) is 0 Å². The van der Waals surface area contributed by atoms with E-state index in [4.69, 9.17) is 5.73 Å². The molecule has 3 heterocycles. The number of hydrogen-bond donors (Lipinski definition) is 2. The van der Waals surface area contributed by atoms with Gasteiger partial charge in [0.25, 0.3) is 0 Å². The van der Waals surface area contributed by atoms with E-state index >= 15 is 0 Å². The number of fused-ring (bicyclic) bond motifs is 1. The topological polar surface area (TPSA) is 59.2 Å². The maximum atomic E-state index is 6.10. The van der Waals surface area contributed by atoms with Crippen LogP contribution in [0.2, 0.25) is 0 Å². The molecule has 0 spiro atoms. The zero-order valence-corrected chi connectivity index (χ0v) is 11.5. The van der Waals surface area contributed by atoms with Crippen LogP contribution in [-0.2, 0) is 13.5 Å². The van der Waals surface area contributed by atoms with Crippen molar-refractivity contribution < 1.29 is 4.57 Å². The van der Waals surface area contributed by atoms with Crippen molar-refractivity contribution in [2.45, 2.75) is 6.42 Å². The fourth-order valence-electron chi connectivity index (χ4n) is 2.28. The normalized spacial score (nSPS) is 10.8. The van der Waals surface area contributed by atoms with Gasteiger partial charge in [-0.2, -0.15) is 0 Å². The first-order chi connectivity index (χ1) is 9.75. The number of nitrogens with two attached hydrogens (primary N) is 1. The minimum absolute atomic E-state index is 0.697. The first-order valence-electron chi connectivity index (χ1n) is 6.66. The molecule has 0 aliphatic carbocycles. The summed E-state index contributed by atoms with van der Waals surface area (Å²) in [6.45, 7) is 0.798. The Morgan fingerprint density at radius 3 is 2.90 bits per heavy atom. The first-order valence-corrected chi connectivity index (χ1v) is 6.66. The van der Waals surface area contributed by atoms with Crippen molar-refractivity contribution >= 4 is 17.0 Å². The van der Waals surface area contributed by atoms with Crippen LogP contribution in [0.25, 0.3) is 5.52 Å². The summed E-state index contributed by atoms with van der Waals surface area (Å²) in [5, 5.41) is 7.75. The molecule has 3 N–H and O–H groups in total. The lowest BCUT2D eigenvalue weighted by Crippen LogP contribution is -2.33. The molecule has 3 aromatic rings. The van der Waals surface area contributed by atoms with E-state index in [9.17, 15) is 0 Å². The number of nitrogens with zero attached hydrogens (tertiary/aromatic N) is 3. The van der Waals surface area contributed by atoms with Gasteiger partial charge in [0, 0.05) is 31.3 Å². The van der Waals surface area contributed by atoms with Crippen LogP contribution in [0.15, 0.2) is 48.8 Å². The third kappa shape index (κ3) is 2.30. The second-order valence-corrected chi connectivity index (χ2v) is 4.77. The van der Waals surface area contributed by atoms with Gasteiger partial charge in [0.15, 0.2) is 17.7 Å². The number of pyridine rings is 2. The minimum Gasteiger partial charge on any atom is -0.394 e. The smallest absolute Gasteiger partial charge is 0.182 e. The SMILES string of the molecule is C[n+]1ccccc1CCNc1nn2ccccc2c1N. The maximum absolute atomic E-state index is 6.10. The molecule has 0 aliphatic heterocycles. The molecule has 3 aromatic heterocycles. The van der Waals surface area contributed by atoms with Gasteiger partial charge in [0.05, 0.1) is 5.52 Å². The fourth-order valence-corrected chi connectivity index (χ4v) is 2.28. The molecular weight excluding hydrogens is 250 g/mol. The highest BCUT2D eigenvalue weighted by atomic mass is 15.3. The van der Waals surface area contributed by atoms with Gasteiger partial charge in [0.2, 0.25) is 0 Å². The summed E-state index contributed by atoms with van der Waals surface area (Å²) in [7, 11) is 2.05. The van der Waals surface area contributed by atoms with Crippen molar-refractivity contribution in [3.8, 4) is 0 Å². The van der Waals surface area contributed by atoms with Gasteiger partial charge >= 0.3 is 0 Å². The van der Waals surface area contributed by atoms with Crippen LogP contribution in [-0.4, -0.2) is 16.2 Å². The van der Waals surface area contributed by atoms with E-state index in [1.54, 1.807) is 4.52 Å². The quantitative estimate of drug-likeness (QED) is 0.703. The predicted octanol–water partition coefficient (Wildman–Crippen LogP) is 1.40. The van der Waals surface area contributed by atoms with Gasteiger partial charge < -0.3 is 11.1 Å². The monoisotopic (exact) mass is 268 g/mol. The lowest BCUT2D eigenvalue weighted by atomic mass is 10.2. The molecule has 3 rings (SSSR count). The van der Waals surface area contributed by atoms with Crippen LogP contribution in [0.3, 0.4) is 0 Å². The van der Waals surface area contributed by atoms with Gasteiger partial charge in [-0.05, 0) is 12.1 Å². The van der Waals surface area contributed by atoms with Gasteiger partial charge in [0.1, 0.15) is 12.7 Å². The molecule has 0 aliphatic rings. The standard InChI is InChI=1S/C15H18N5/c1-19-10-4-2-6-12(19)8-9-17-15-14(16)13-7-3-5-11-20(13)18-15/h2-7,10-11H,8-9,16H2,1H3,(H,17,18)/q+1. The Bertz CT molecular complexity index is 732. The summed E-state index contributed by atoms with van der Waals surface area (Å²) in [6, 6.07) is 12.1. The van der Waals surface area contributed by atoms with E-state index < -0.39 is 0 Å². The molecule has 0 saturated carbocycles. The van der Waals surface area contributed by atoms with E-state index in [1.807, 2.05) is 30.5 Å². The maximum Gasteiger partial charge on any atom is 0.182 e. The molecule has 20 heavy (non-hydrogen) atoms. The van der Waals surface area contributed by atoms with Gasteiger partial charge in [-0.25, -0.2) is 9.08 Å². The Labute approximate surface area is 117 Å². The number of aryl methyl sites for hydroxylation is 1. The molecular formula is C15H18N5+. The van der Waals surface area contributed by atoms with Crippen molar-refractivity contribution in [2.75, 3.05) is 17.6 Å².